The third-order valence-electron chi connectivity index (χ3n) is 3.61. The average Bonchev–Trinajstić information content (AvgIpc) is 2.64. The topological polar surface area (TPSA) is 196 Å². The van der Waals surface area contributed by atoms with Crippen molar-refractivity contribution in [2.24, 2.45) is 5.16 Å². The molecule has 1 aliphatic heterocycles. The van der Waals surface area contributed by atoms with E-state index < -0.39 is 47.7 Å². The van der Waals surface area contributed by atoms with E-state index in [-0.39, 0.29) is 17.2 Å². The number of phenols is 1. The van der Waals surface area contributed by atoms with E-state index in [9.17, 15) is 28.8 Å². The lowest BCUT2D eigenvalue weighted by Crippen LogP contribution is -2.58. The number of rotatable bonds is 7. The fourth-order valence-corrected chi connectivity index (χ4v) is 3.09. The Balaban J connectivity index is 2.09. The van der Waals surface area contributed by atoms with Gasteiger partial charge in [0.05, 0.1) is 18.6 Å². The molecule has 0 saturated carbocycles. The van der Waals surface area contributed by atoms with Crippen LogP contribution < -0.4 is 0 Å². The highest BCUT2D eigenvalue weighted by Gasteiger charge is 2.44. The molecule has 0 spiro atoms. The molecule has 1 fully saturated rings. The highest BCUT2D eigenvalue weighted by molar-refractivity contribution is 8.09. The first-order chi connectivity index (χ1) is 13.1. The van der Waals surface area contributed by atoms with Crippen LogP contribution in [0.5, 0.6) is 5.75 Å². The Hall–Kier alpha value is -1.49. The quantitative estimate of drug-likeness (QED) is 0.0946. The van der Waals surface area contributed by atoms with Crippen LogP contribution in [0, 0.1) is 0 Å². The minimum atomic E-state index is -4.88. The number of benzene rings is 1. The SMILES string of the molecule is O=S(=O)(O)O/N=C(\Cc1ccc(O)cc1)SO[C@@H]1O[C@H](CO)[C@@H](O)[C@H](O)[C@H]1O. The van der Waals surface area contributed by atoms with Crippen molar-refractivity contribution in [2.45, 2.75) is 37.1 Å². The minimum Gasteiger partial charge on any atom is -0.508 e. The zero-order valence-corrected chi connectivity index (χ0v) is 15.7. The van der Waals surface area contributed by atoms with Gasteiger partial charge in [-0.3, -0.25) is 8.74 Å². The summed E-state index contributed by atoms with van der Waals surface area (Å²) in [6.45, 7) is -0.657. The molecular formula is C14H19NO11S2. The summed E-state index contributed by atoms with van der Waals surface area (Å²) in [5, 5.41) is 50.9. The molecule has 1 aliphatic rings. The molecule has 14 heteroatoms. The first-order valence-electron chi connectivity index (χ1n) is 7.75. The molecule has 5 atom stereocenters. The van der Waals surface area contributed by atoms with E-state index in [1.165, 1.54) is 24.3 Å². The van der Waals surface area contributed by atoms with Crippen molar-refractivity contribution in [3.05, 3.63) is 29.8 Å². The summed E-state index contributed by atoms with van der Waals surface area (Å²) >= 11 is 0.415. The summed E-state index contributed by atoms with van der Waals surface area (Å²) in [6, 6.07) is 5.76. The van der Waals surface area contributed by atoms with Gasteiger partial charge in [0.25, 0.3) is 0 Å². The predicted octanol–water partition coefficient (Wildman–Crippen LogP) is -1.47. The number of aromatic hydroxyl groups is 1. The lowest BCUT2D eigenvalue weighted by Gasteiger charge is -2.39. The fourth-order valence-electron chi connectivity index (χ4n) is 2.20. The Labute approximate surface area is 164 Å². The molecular weight excluding hydrogens is 422 g/mol. The van der Waals surface area contributed by atoms with Gasteiger partial charge < -0.3 is 30.3 Å². The van der Waals surface area contributed by atoms with Crippen molar-refractivity contribution in [3.8, 4) is 5.75 Å². The summed E-state index contributed by atoms with van der Waals surface area (Å²) in [5.41, 5.74) is 0.556. The molecule has 6 N–H and O–H groups in total. The number of aliphatic hydroxyl groups excluding tert-OH is 4. The monoisotopic (exact) mass is 441 g/mol. The molecule has 1 saturated heterocycles. The van der Waals surface area contributed by atoms with Gasteiger partial charge in [0.1, 0.15) is 35.2 Å². The first-order valence-corrected chi connectivity index (χ1v) is 9.86. The highest BCUT2D eigenvalue weighted by Crippen LogP contribution is 2.26. The summed E-state index contributed by atoms with van der Waals surface area (Å²) in [5.74, 6) is 0.00152. The number of hydrogen-bond acceptors (Lipinski definition) is 12. The molecule has 0 amide bonds. The van der Waals surface area contributed by atoms with Gasteiger partial charge in [-0.1, -0.05) is 17.3 Å². The van der Waals surface area contributed by atoms with Gasteiger partial charge in [0.15, 0.2) is 6.29 Å². The molecule has 0 radical (unpaired) electrons. The maximum atomic E-state index is 10.7. The van der Waals surface area contributed by atoms with Gasteiger partial charge in [0, 0.05) is 6.42 Å². The van der Waals surface area contributed by atoms with E-state index in [2.05, 4.69) is 9.44 Å². The van der Waals surface area contributed by atoms with Crippen molar-refractivity contribution in [3.63, 3.8) is 0 Å². The summed E-state index contributed by atoms with van der Waals surface area (Å²) in [7, 11) is -4.88. The first kappa shape index (κ1) is 22.8. The zero-order valence-electron chi connectivity index (χ0n) is 14.1. The van der Waals surface area contributed by atoms with E-state index in [4.69, 9.17) is 18.6 Å². The normalized spacial score (nSPS) is 28.9. The number of hydrogen-bond donors (Lipinski definition) is 6. The molecule has 0 unspecified atom stereocenters. The van der Waals surface area contributed by atoms with Crippen LogP contribution in [-0.4, -0.2) is 80.9 Å². The number of nitrogens with zero attached hydrogens (tertiary/aromatic N) is 1. The Morgan fingerprint density at radius 2 is 1.79 bits per heavy atom. The van der Waals surface area contributed by atoms with Crippen LogP contribution >= 0.6 is 12.0 Å². The second-order valence-corrected chi connectivity index (χ2v) is 7.54. The third kappa shape index (κ3) is 6.54. The van der Waals surface area contributed by atoms with Crippen molar-refractivity contribution in [1.29, 1.82) is 0 Å². The largest absolute Gasteiger partial charge is 0.508 e. The molecule has 1 aromatic rings. The second kappa shape index (κ2) is 9.82. The van der Waals surface area contributed by atoms with E-state index in [1.54, 1.807) is 0 Å². The van der Waals surface area contributed by atoms with Crippen molar-refractivity contribution < 1.29 is 51.7 Å². The van der Waals surface area contributed by atoms with Crippen molar-refractivity contribution >= 4 is 27.5 Å². The van der Waals surface area contributed by atoms with E-state index in [0.29, 0.717) is 17.6 Å². The van der Waals surface area contributed by atoms with Crippen molar-refractivity contribution in [2.75, 3.05) is 6.61 Å². The molecule has 1 aromatic carbocycles. The van der Waals surface area contributed by atoms with Crippen LogP contribution in [0.15, 0.2) is 29.4 Å². The molecule has 158 valence electrons. The summed E-state index contributed by atoms with van der Waals surface area (Å²) in [6.07, 6.45) is -7.67. The minimum absolute atomic E-state index is 0.00152. The number of aliphatic hydroxyl groups is 4. The Bertz CT molecular complexity index is 768. The highest BCUT2D eigenvalue weighted by atomic mass is 32.3. The van der Waals surface area contributed by atoms with Crippen LogP contribution in [0.2, 0.25) is 0 Å². The number of ether oxygens (including phenoxy) is 1. The van der Waals surface area contributed by atoms with Crippen LogP contribution in [0.1, 0.15) is 5.56 Å². The standard InChI is InChI=1S/C14H19NO11S2/c16-6-9-11(18)12(19)13(20)14(24-9)25-27-10(15-26-28(21,22)23)5-7-1-3-8(17)4-2-7/h1-4,9,11-14,16-20H,5-6H2,(H,21,22,23)/b15-10+/t9-,11-,12+,13-,14+/m1/s1. The lowest BCUT2D eigenvalue weighted by molar-refractivity contribution is -0.274. The summed E-state index contributed by atoms with van der Waals surface area (Å²) < 4.78 is 44.5. The maximum absolute atomic E-state index is 10.7. The third-order valence-corrected chi connectivity index (χ3v) is 4.57. The fraction of sp³-hybridized carbons (Fsp3) is 0.500. The van der Waals surface area contributed by atoms with Gasteiger partial charge in [-0.2, -0.15) is 8.42 Å². The Kier molecular flexibility index (Phi) is 7.99. The maximum Gasteiger partial charge on any atom is 0.466 e. The zero-order chi connectivity index (χ0) is 20.9. The molecule has 28 heavy (non-hydrogen) atoms. The van der Waals surface area contributed by atoms with Crippen LogP contribution in [0.25, 0.3) is 0 Å². The van der Waals surface area contributed by atoms with Gasteiger partial charge in [-0.15, -0.1) is 0 Å². The molecule has 0 aromatic heterocycles. The molecule has 12 nitrogen and oxygen atoms in total. The molecule has 0 aliphatic carbocycles. The van der Waals surface area contributed by atoms with E-state index in [0.717, 1.165) is 0 Å². The molecule has 2 rings (SSSR count). The Morgan fingerprint density at radius 1 is 1.14 bits per heavy atom. The smallest absolute Gasteiger partial charge is 0.466 e. The lowest BCUT2D eigenvalue weighted by atomic mass is 10.00. The predicted molar refractivity (Wildman–Crippen MR) is 94.3 cm³/mol. The van der Waals surface area contributed by atoms with Crippen LogP contribution in [0.3, 0.4) is 0 Å². The number of phenolic OH excluding ortho intramolecular Hbond substituents is 1. The van der Waals surface area contributed by atoms with Crippen LogP contribution in [0.4, 0.5) is 0 Å². The van der Waals surface area contributed by atoms with E-state index in [1.807, 2.05) is 0 Å². The van der Waals surface area contributed by atoms with Crippen molar-refractivity contribution in [1.82, 2.24) is 0 Å². The average molecular weight is 441 g/mol. The summed E-state index contributed by atoms with van der Waals surface area (Å²) in [4.78, 5) is 0. The number of oxime groups is 1. The Morgan fingerprint density at radius 3 is 2.36 bits per heavy atom. The van der Waals surface area contributed by atoms with Gasteiger partial charge >= 0.3 is 10.4 Å². The van der Waals surface area contributed by atoms with Gasteiger partial charge in [-0.25, -0.2) is 4.28 Å². The second-order valence-electron chi connectivity index (χ2n) is 5.71. The van der Waals surface area contributed by atoms with Gasteiger partial charge in [0.2, 0.25) is 0 Å². The van der Waals surface area contributed by atoms with E-state index >= 15 is 0 Å². The van der Waals surface area contributed by atoms with Gasteiger partial charge in [-0.05, 0) is 17.7 Å². The molecule has 0 bridgehead atoms. The van der Waals surface area contributed by atoms with Crippen LogP contribution in [-0.2, 0) is 30.0 Å². The molecule has 1 heterocycles.